The van der Waals surface area contributed by atoms with E-state index in [2.05, 4.69) is 44.2 Å². The van der Waals surface area contributed by atoms with Crippen LogP contribution in [-0.2, 0) is 0 Å². The van der Waals surface area contributed by atoms with Gasteiger partial charge in [0.2, 0.25) is 0 Å². The van der Waals surface area contributed by atoms with E-state index in [-0.39, 0.29) is 0 Å². The summed E-state index contributed by atoms with van der Waals surface area (Å²) in [5, 5.41) is 4.66. The van der Waals surface area contributed by atoms with Crippen molar-refractivity contribution < 1.29 is 0 Å². The lowest BCUT2D eigenvalue weighted by molar-refractivity contribution is 0.0517. The number of hydrogen-bond acceptors (Lipinski definition) is 3. The Hall–Kier alpha value is 0.270. The van der Waals surface area contributed by atoms with Crippen LogP contribution in [0.5, 0.6) is 0 Å². The molecule has 2 rings (SSSR count). The average molecular weight is 285 g/mol. The fourth-order valence-electron chi connectivity index (χ4n) is 3.42. The maximum atomic E-state index is 3.87. The van der Waals surface area contributed by atoms with Gasteiger partial charge in [-0.1, -0.05) is 20.8 Å². The molecule has 0 amide bonds. The van der Waals surface area contributed by atoms with Crippen LogP contribution >= 0.6 is 11.8 Å². The van der Waals surface area contributed by atoms with Gasteiger partial charge in [0.15, 0.2) is 0 Å². The highest BCUT2D eigenvalue weighted by molar-refractivity contribution is 7.99. The van der Waals surface area contributed by atoms with Gasteiger partial charge in [0.05, 0.1) is 0 Å². The van der Waals surface area contributed by atoms with Gasteiger partial charge in [0.1, 0.15) is 0 Å². The first-order valence-corrected chi connectivity index (χ1v) is 9.27. The molecule has 0 aromatic carbocycles. The van der Waals surface area contributed by atoms with Crippen LogP contribution < -0.4 is 5.32 Å². The predicted molar refractivity (Wildman–Crippen MR) is 86.9 cm³/mol. The van der Waals surface area contributed by atoms with Crippen LogP contribution in [0, 0.1) is 11.8 Å². The maximum Gasteiger partial charge on any atom is 0.0309 e. The molecule has 19 heavy (non-hydrogen) atoms. The van der Waals surface area contributed by atoms with E-state index in [1.54, 1.807) is 0 Å². The molecule has 2 nitrogen and oxygen atoms in total. The van der Waals surface area contributed by atoms with E-state index in [9.17, 15) is 0 Å². The Morgan fingerprint density at radius 3 is 2.53 bits per heavy atom. The van der Waals surface area contributed by atoms with Gasteiger partial charge < -0.3 is 5.32 Å². The lowest BCUT2D eigenvalue weighted by atomic mass is 9.88. The van der Waals surface area contributed by atoms with E-state index in [1.807, 2.05) is 11.8 Å². The smallest absolute Gasteiger partial charge is 0.0309 e. The topological polar surface area (TPSA) is 15.3 Å². The molecule has 0 spiro atoms. The van der Waals surface area contributed by atoms with Gasteiger partial charge >= 0.3 is 0 Å². The largest absolute Gasteiger partial charge is 0.308 e. The van der Waals surface area contributed by atoms with E-state index in [4.69, 9.17) is 0 Å². The van der Waals surface area contributed by atoms with Gasteiger partial charge in [-0.15, -0.1) is 0 Å². The molecule has 1 N–H and O–H groups in total. The van der Waals surface area contributed by atoms with Gasteiger partial charge in [-0.3, -0.25) is 4.90 Å². The van der Waals surface area contributed by atoms with E-state index in [0.29, 0.717) is 5.54 Å². The van der Waals surface area contributed by atoms with Crippen LogP contribution in [0.2, 0.25) is 0 Å². The number of hydrogen-bond donors (Lipinski definition) is 1. The van der Waals surface area contributed by atoms with Crippen molar-refractivity contribution in [3.8, 4) is 0 Å². The number of nitrogens with zero attached hydrogens (tertiary/aromatic N) is 1. The summed E-state index contributed by atoms with van der Waals surface area (Å²) in [4.78, 5) is 2.78. The van der Waals surface area contributed by atoms with Crippen LogP contribution in [0.4, 0.5) is 0 Å². The van der Waals surface area contributed by atoms with E-state index >= 15 is 0 Å². The molecule has 2 aliphatic rings. The first-order valence-electron chi connectivity index (χ1n) is 7.98. The Morgan fingerprint density at radius 2 is 2.00 bits per heavy atom. The Labute approximate surface area is 124 Å². The first kappa shape index (κ1) is 15.7. The lowest BCUT2D eigenvalue weighted by Crippen LogP contribution is -2.65. The van der Waals surface area contributed by atoms with E-state index in [1.165, 1.54) is 38.9 Å². The minimum Gasteiger partial charge on any atom is -0.308 e. The van der Waals surface area contributed by atoms with Gasteiger partial charge in [-0.25, -0.2) is 0 Å². The van der Waals surface area contributed by atoms with E-state index in [0.717, 1.165) is 23.1 Å². The summed E-state index contributed by atoms with van der Waals surface area (Å²) >= 11 is 2.00. The van der Waals surface area contributed by atoms with Gasteiger partial charge in [0.25, 0.3) is 0 Å². The molecule has 3 atom stereocenters. The maximum absolute atomic E-state index is 3.87. The summed E-state index contributed by atoms with van der Waals surface area (Å²) in [5.74, 6) is 1.68. The second kappa shape index (κ2) is 6.36. The predicted octanol–water partition coefficient (Wildman–Crippen LogP) is 3.23. The van der Waals surface area contributed by atoms with Crippen LogP contribution in [0.1, 0.15) is 47.0 Å². The number of thioether (sulfide) groups is 1. The SMILES string of the molecule is CSC(C)CCN1CC(C)(C2CC2)NCC1C(C)C. The summed E-state index contributed by atoms with van der Waals surface area (Å²) in [6.07, 6.45) is 6.43. The molecule has 0 radical (unpaired) electrons. The molecular weight excluding hydrogens is 252 g/mol. The Morgan fingerprint density at radius 1 is 1.32 bits per heavy atom. The molecule has 0 bridgehead atoms. The molecule has 1 aliphatic carbocycles. The number of rotatable bonds is 6. The normalized spacial score (nSPS) is 34.7. The van der Waals surface area contributed by atoms with Crippen molar-refractivity contribution in [1.29, 1.82) is 0 Å². The second-order valence-electron chi connectivity index (χ2n) is 7.19. The molecule has 1 saturated carbocycles. The molecule has 1 heterocycles. The molecule has 1 saturated heterocycles. The van der Waals surface area contributed by atoms with Crippen LogP contribution in [-0.4, -0.2) is 47.6 Å². The summed E-state index contributed by atoms with van der Waals surface area (Å²) in [6.45, 7) is 13.3. The average Bonchev–Trinajstić information content (AvgIpc) is 3.20. The third-order valence-corrected chi connectivity index (χ3v) is 6.23. The summed E-state index contributed by atoms with van der Waals surface area (Å²) in [5.41, 5.74) is 0.383. The highest BCUT2D eigenvalue weighted by atomic mass is 32.2. The van der Waals surface area contributed by atoms with Crippen molar-refractivity contribution in [3.63, 3.8) is 0 Å². The third-order valence-electron chi connectivity index (χ3n) is 5.19. The van der Waals surface area contributed by atoms with Crippen molar-refractivity contribution in [2.75, 3.05) is 25.9 Å². The summed E-state index contributed by atoms with van der Waals surface area (Å²) < 4.78 is 0. The van der Waals surface area contributed by atoms with Crippen molar-refractivity contribution in [1.82, 2.24) is 10.2 Å². The highest BCUT2D eigenvalue weighted by Crippen LogP contribution is 2.41. The van der Waals surface area contributed by atoms with Gasteiger partial charge in [-0.2, -0.15) is 11.8 Å². The summed E-state index contributed by atoms with van der Waals surface area (Å²) in [7, 11) is 0. The fourth-order valence-corrected chi connectivity index (χ4v) is 3.76. The number of piperazine rings is 1. The van der Waals surface area contributed by atoms with Crippen molar-refractivity contribution >= 4 is 11.8 Å². The Bertz CT molecular complexity index is 290. The molecule has 112 valence electrons. The Balaban J connectivity index is 1.96. The van der Waals surface area contributed by atoms with Crippen LogP contribution in [0.3, 0.4) is 0 Å². The number of nitrogens with one attached hydrogen (secondary N) is 1. The fraction of sp³-hybridized carbons (Fsp3) is 1.00. The molecule has 3 heteroatoms. The molecule has 3 unspecified atom stereocenters. The van der Waals surface area contributed by atoms with Crippen LogP contribution in [0.25, 0.3) is 0 Å². The molecule has 0 aromatic heterocycles. The van der Waals surface area contributed by atoms with Crippen LogP contribution in [0.15, 0.2) is 0 Å². The quantitative estimate of drug-likeness (QED) is 0.806. The van der Waals surface area contributed by atoms with E-state index < -0.39 is 0 Å². The van der Waals surface area contributed by atoms with Gasteiger partial charge in [0, 0.05) is 29.9 Å². The second-order valence-corrected chi connectivity index (χ2v) is 8.47. The minimum absolute atomic E-state index is 0.383. The van der Waals surface area contributed by atoms with Crippen molar-refractivity contribution in [2.45, 2.75) is 63.8 Å². The molecule has 0 aromatic rings. The zero-order valence-electron chi connectivity index (χ0n) is 13.4. The minimum atomic E-state index is 0.383. The van der Waals surface area contributed by atoms with Crippen molar-refractivity contribution in [2.24, 2.45) is 11.8 Å². The summed E-state index contributed by atoms with van der Waals surface area (Å²) in [6, 6.07) is 0.723. The Kier molecular flexibility index (Phi) is 5.24. The highest BCUT2D eigenvalue weighted by Gasteiger charge is 2.46. The molecule has 2 fully saturated rings. The third kappa shape index (κ3) is 3.89. The van der Waals surface area contributed by atoms with Gasteiger partial charge in [-0.05, 0) is 50.8 Å². The molecular formula is C16H32N2S. The zero-order chi connectivity index (χ0) is 14.0. The molecule has 1 aliphatic heterocycles. The lowest BCUT2D eigenvalue weighted by Gasteiger charge is -2.48. The monoisotopic (exact) mass is 284 g/mol. The first-order chi connectivity index (χ1) is 8.96. The zero-order valence-corrected chi connectivity index (χ0v) is 14.2. The standard InChI is InChI=1S/C16H32N2S/c1-12(2)15-10-17-16(4,14-6-7-14)11-18(15)9-8-13(3)19-5/h12-15,17H,6-11H2,1-5H3. The van der Waals surface area contributed by atoms with Crippen molar-refractivity contribution in [3.05, 3.63) is 0 Å².